The summed E-state index contributed by atoms with van der Waals surface area (Å²) >= 11 is 0. The molecule has 0 fully saturated rings. The van der Waals surface area contributed by atoms with Gasteiger partial charge < -0.3 is 0 Å². The van der Waals surface area contributed by atoms with Gasteiger partial charge in [0.1, 0.15) is 0 Å². The number of hydrogen-bond acceptors (Lipinski definition) is 3. The van der Waals surface area contributed by atoms with Gasteiger partial charge >= 0.3 is 0 Å². The molecule has 0 heterocycles. The van der Waals surface area contributed by atoms with Crippen molar-refractivity contribution in [1.82, 2.24) is 4.72 Å². The van der Waals surface area contributed by atoms with Crippen molar-refractivity contribution in [3.05, 3.63) is 70.9 Å². The molecule has 0 aliphatic carbocycles. The number of nitrogens with one attached hydrogen (secondary N) is 1. The smallest absolute Gasteiger partial charge is 0.264 e. The van der Waals surface area contributed by atoms with Crippen LogP contribution in [0.4, 0.5) is 0 Å². The number of carbonyl (C=O) groups excluding carboxylic acids is 1. The molecule has 0 bridgehead atoms. The van der Waals surface area contributed by atoms with Crippen LogP contribution in [-0.4, -0.2) is 22.4 Å². The number of aryl methyl sites for hydroxylation is 1. The van der Waals surface area contributed by atoms with Crippen molar-refractivity contribution in [2.75, 3.05) is 0 Å². The van der Waals surface area contributed by atoms with Crippen LogP contribution in [0.5, 0.6) is 0 Å². The summed E-state index contributed by atoms with van der Waals surface area (Å²) in [5, 5.41) is 0.536. The van der Waals surface area contributed by atoms with Gasteiger partial charge in [-0.1, -0.05) is 73.7 Å². The van der Waals surface area contributed by atoms with Crippen molar-refractivity contribution in [2.24, 2.45) is 0 Å². The summed E-state index contributed by atoms with van der Waals surface area (Å²) in [5.41, 5.74) is 1.83. The maximum atomic E-state index is 12.7. The molecule has 0 aliphatic heterocycles. The molecular weight excluding hydrogens is 350 g/mol. The highest BCUT2D eigenvalue weighted by Gasteiger charge is 2.29. The van der Waals surface area contributed by atoms with Crippen LogP contribution >= 0.6 is 0 Å². The standard InChI is InChI=1S/C19H23NO3SSi/c1-15-10-12-17(13-11-15)24(22,23)20-19(21)18(25(2,3)4)14-16-8-6-5-7-9-16/h5-14H,1-4H3,(H,20,21)/b18-14+. The minimum absolute atomic E-state index is 0.0843. The van der Waals surface area contributed by atoms with Crippen molar-refractivity contribution in [1.29, 1.82) is 0 Å². The van der Waals surface area contributed by atoms with E-state index < -0.39 is 24.0 Å². The van der Waals surface area contributed by atoms with Crippen LogP contribution in [0, 0.1) is 6.92 Å². The Hall–Kier alpha value is -2.18. The topological polar surface area (TPSA) is 63.2 Å². The summed E-state index contributed by atoms with van der Waals surface area (Å²) < 4.78 is 27.2. The fourth-order valence-electron chi connectivity index (χ4n) is 2.29. The second-order valence-corrected chi connectivity index (χ2v) is 13.7. The van der Waals surface area contributed by atoms with Crippen molar-refractivity contribution in [3.63, 3.8) is 0 Å². The molecule has 0 saturated carbocycles. The van der Waals surface area contributed by atoms with E-state index >= 15 is 0 Å². The van der Waals surface area contributed by atoms with Crippen molar-refractivity contribution in [2.45, 2.75) is 31.5 Å². The molecule has 0 atom stereocenters. The van der Waals surface area contributed by atoms with Gasteiger partial charge in [0.05, 0.1) is 13.0 Å². The molecular formula is C19H23NO3SSi. The largest absolute Gasteiger partial charge is 0.269 e. The maximum absolute atomic E-state index is 12.7. The Balaban J connectivity index is 2.35. The molecule has 0 radical (unpaired) electrons. The minimum atomic E-state index is -3.89. The number of amides is 1. The lowest BCUT2D eigenvalue weighted by atomic mass is 10.2. The van der Waals surface area contributed by atoms with Gasteiger partial charge in [0.25, 0.3) is 15.9 Å². The lowest BCUT2D eigenvalue weighted by molar-refractivity contribution is -0.115. The van der Waals surface area contributed by atoms with E-state index in [1.165, 1.54) is 12.1 Å². The highest BCUT2D eigenvalue weighted by molar-refractivity contribution is 7.90. The first-order chi connectivity index (χ1) is 11.6. The first-order valence-electron chi connectivity index (χ1n) is 8.01. The van der Waals surface area contributed by atoms with Gasteiger partial charge in [-0.15, -0.1) is 0 Å². The van der Waals surface area contributed by atoms with Crippen molar-refractivity contribution < 1.29 is 13.2 Å². The van der Waals surface area contributed by atoms with E-state index in [4.69, 9.17) is 0 Å². The predicted octanol–water partition coefficient (Wildman–Crippen LogP) is 3.76. The van der Waals surface area contributed by atoms with E-state index in [0.29, 0.717) is 5.20 Å². The maximum Gasteiger partial charge on any atom is 0.264 e. The zero-order chi connectivity index (χ0) is 18.7. The molecule has 0 unspecified atom stereocenters. The van der Waals surface area contributed by atoms with E-state index in [9.17, 15) is 13.2 Å². The summed E-state index contributed by atoms with van der Waals surface area (Å²) in [7, 11) is -5.95. The van der Waals surface area contributed by atoms with Crippen molar-refractivity contribution >= 4 is 30.1 Å². The molecule has 25 heavy (non-hydrogen) atoms. The Morgan fingerprint density at radius 2 is 1.52 bits per heavy atom. The third-order valence-electron chi connectivity index (χ3n) is 3.72. The van der Waals surface area contributed by atoms with Crippen LogP contribution in [0.3, 0.4) is 0 Å². The fourth-order valence-corrected chi connectivity index (χ4v) is 4.69. The Morgan fingerprint density at radius 3 is 2.04 bits per heavy atom. The molecule has 0 saturated heterocycles. The van der Waals surface area contributed by atoms with Crippen LogP contribution in [0.25, 0.3) is 6.08 Å². The third-order valence-corrected chi connectivity index (χ3v) is 7.06. The normalized spacial score (nSPS) is 12.7. The van der Waals surface area contributed by atoms with Gasteiger partial charge in [-0.3, -0.25) is 4.79 Å². The van der Waals surface area contributed by atoms with Crippen LogP contribution in [0.1, 0.15) is 11.1 Å². The first kappa shape index (κ1) is 19.1. The average molecular weight is 374 g/mol. The highest BCUT2D eigenvalue weighted by atomic mass is 32.2. The lowest BCUT2D eigenvalue weighted by Crippen LogP contribution is -2.39. The molecule has 4 nitrogen and oxygen atoms in total. The molecule has 0 aromatic heterocycles. The van der Waals surface area contributed by atoms with E-state index in [2.05, 4.69) is 4.72 Å². The Bertz CT molecular complexity index is 881. The molecule has 0 aliphatic rings. The van der Waals surface area contributed by atoms with Crippen LogP contribution in [0.15, 0.2) is 64.7 Å². The summed E-state index contributed by atoms with van der Waals surface area (Å²) in [6.45, 7) is 7.92. The number of benzene rings is 2. The fraction of sp³-hybridized carbons (Fsp3) is 0.211. The third kappa shape index (κ3) is 5.14. The summed E-state index contributed by atoms with van der Waals surface area (Å²) in [6, 6.07) is 15.9. The van der Waals surface area contributed by atoms with Gasteiger partial charge in [-0.2, -0.15) is 0 Å². The summed E-state index contributed by atoms with van der Waals surface area (Å²) in [5.74, 6) is -0.552. The predicted molar refractivity (Wildman–Crippen MR) is 104 cm³/mol. The van der Waals surface area contributed by atoms with E-state index in [1.807, 2.05) is 56.9 Å². The van der Waals surface area contributed by atoms with Crippen LogP contribution < -0.4 is 4.72 Å². The minimum Gasteiger partial charge on any atom is -0.269 e. The molecule has 6 heteroatoms. The highest BCUT2D eigenvalue weighted by Crippen LogP contribution is 2.20. The van der Waals surface area contributed by atoms with Crippen molar-refractivity contribution in [3.8, 4) is 0 Å². The first-order valence-corrected chi connectivity index (χ1v) is 13.0. The summed E-state index contributed by atoms with van der Waals surface area (Å²) in [4.78, 5) is 12.8. The molecule has 2 rings (SSSR count). The second kappa shape index (κ2) is 7.37. The van der Waals surface area contributed by atoms with Gasteiger partial charge in [0, 0.05) is 5.20 Å². The van der Waals surface area contributed by atoms with Gasteiger partial charge in [0.15, 0.2) is 0 Å². The van der Waals surface area contributed by atoms with E-state index in [0.717, 1.165) is 11.1 Å². The van der Waals surface area contributed by atoms with E-state index in [-0.39, 0.29) is 4.90 Å². The van der Waals surface area contributed by atoms with Gasteiger partial charge in [-0.25, -0.2) is 13.1 Å². The quantitative estimate of drug-likeness (QED) is 0.641. The van der Waals surface area contributed by atoms with Crippen LogP contribution in [-0.2, 0) is 14.8 Å². The summed E-state index contributed by atoms with van der Waals surface area (Å²) in [6.07, 6.45) is 1.78. The molecule has 2 aromatic carbocycles. The Kier molecular flexibility index (Phi) is 5.64. The molecule has 1 N–H and O–H groups in total. The van der Waals surface area contributed by atoms with Crippen LogP contribution in [0.2, 0.25) is 19.6 Å². The zero-order valence-electron chi connectivity index (χ0n) is 14.9. The SMILES string of the molecule is Cc1ccc(S(=O)(=O)NC(=O)/C(=C\c2ccccc2)[Si](C)(C)C)cc1. The number of hydrogen-bond donors (Lipinski definition) is 1. The molecule has 1 amide bonds. The number of sulfonamides is 1. The lowest BCUT2D eigenvalue weighted by Gasteiger charge is -2.20. The molecule has 0 spiro atoms. The second-order valence-electron chi connectivity index (χ2n) is 6.97. The zero-order valence-corrected chi connectivity index (χ0v) is 16.7. The average Bonchev–Trinajstić information content (AvgIpc) is 2.52. The van der Waals surface area contributed by atoms with E-state index in [1.54, 1.807) is 18.2 Å². The number of carbonyl (C=O) groups is 1. The molecule has 2 aromatic rings. The van der Waals surface area contributed by atoms with Gasteiger partial charge in [-0.05, 0) is 24.6 Å². The Morgan fingerprint density at radius 1 is 0.960 bits per heavy atom. The molecule has 132 valence electrons. The monoisotopic (exact) mass is 373 g/mol. The number of rotatable bonds is 5. The van der Waals surface area contributed by atoms with Gasteiger partial charge in [0.2, 0.25) is 0 Å². The Labute approximate surface area is 150 Å².